The normalized spacial score (nSPS) is 20.9. The van der Waals surface area contributed by atoms with Gasteiger partial charge in [0.25, 0.3) is 0 Å². The molecular formula is C42H60N10O18S. The zero-order valence-electron chi connectivity index (χ0n) is 36.6. The van der Waals surface area contributed by atoms with Crippen LogP contribution < -0.4 is 44.2 Å². The maximum Gasteiger partial charge on any atom is 0.407 e. The highest BCUT2D eigenvalue weighted by Crippen LogP contribution is 2.29. The highest BCUT2D eigenvalue weighted by Gasteiger charge is 2.48. The number of guanidine groups is 2. The molecule has 4 rings (SSSR count). The summed E-state index contributed by atoms with van der Waals surface area (Å²) in [7, 11) is -4.15. The van der Waals surface area contributed by atoms with Crippen molar-refractivity contribution in [2.45, 2.75) is 112 Å². The first-order valence-electron chi connectivity index (χ1n) is 20.3. The highest BCUT2D eigenvalue weighted by atomic mass is 32.2. The van der Waals surface area contributed by atoms with Crippen LogP contribution in [-0.4, -0.2) is 161 Å². The van der Waals surface area contributed by atoms with Crippen LogP contribution in [0.15, 0.2) is 92.0 Å². The van der Waals surface area contributed by atoms with Gasteiger partial charge in [-0.1, -0.05) is 39.1 Å². The monoisotopic (exact) mass is 1020 g/mol. The Balaban J connectivity index is 0.00000864. The van der Waals surface area contributed by atoms with Crippen LogP contribution in [0.1, 0.15) is 39.8 Å². The van der Waals surface area contributed by atoms with E-state index in [1.54, 1.807) is 0 Å². The number of aliphatic imine (C=N–C) groups is 2. The fourth-order valence-corrected chi connectivity index (χ4v) is 8.18. The van der Waals surface area contributed by atoms with Gasteiger partial charge in [0.1, 0.15) is 12.2 Å². The second-order valence-corrected chi connectivity index (χ2v) is 17.1. The molecule has 0 saturated heterocycles. The van der Waals surface area contributed by atoms with Crippen LogP contribution >= 0.6 is 0 Å². The predicted molar refractivity (Wildman–Crippen MR) is 248 cm³/mol. The van der Waals surface area contributed by atoms with E-state index in [0.717, 1.165) is 26.0 Å². The Kier molecular flexibility index (Phi) is 22.0. The average Bonchev–Trinajstić information content (AvgIpc) is 3.28. The Hall–Kier alpha value is -7.73. The number of hydrogen-bond acceptors (Lipinski definition) is 18. The lowest BCUT2D eigenvalue weighted by molar-refractivity contribution is -0.147. The molecule has 2 aliphatic heterocycles. The Morgan fingerprint density at radius 2 is 0.958 bits per heavy atom. The number of alkyl carbamates (subject to hydrolysis) is 2. The molecule has 2 aromatic rings. The number of benzene rings is 2. The minimum Gasteiger partial charge on any atom is -0.477 e. The molecule has 0 unspecified atom stereocenters. The Bertz CT molecular complexity index is 2280. The van der Waals surface area contributed by atoms with Gasteiger partial charge in [0.2, 0.25) is 33.2 Å². The zero-order chi connectivity index (χ0) is 51.3. The summed E-state index contributed by atoms with van der Waals surface area (Å²) in [5, 5.41) is 69.9. The molecule has 0 spiro atoms. The number of ether oxygens (including phenoxy) is 4. The summed E-state index contributed by atoms with van der Waals surface area (Å²) in [6.45, 7) is -0.327. The van der Waals surface area contributed by atoms with Crippen molar-refractivity contribution in [2.24, 2.45) is 32.9 Å². The first kappa shape index (κ1) is 59.4. The van der Waals surface area contributed by atoms with Gasteiger partial charge in [-0.25, -0.2) is 37.6 Å². The van der Waals surface area contributed by atoms with Crippen LogP contribution in [0.2, 0.25) is 0 Å². The Labute approximate surface area is 406 Å². The summed E-state index contributed by atoms with van der Waals surface area (Å²) >= 11 is 0. The van der Waals surface area contributed by atoms with E-state index >= 15 is 0 Å². The van der Waals surface area contributed by atoms with Gasteiger partial charge in [-0.3, -0.25) is 9.59 Å². The third-order valence-corrected chi connectivity index (χ3v) is 11.8. The number of amides is 4. The van der Waals surface area contributed by atoms with E-state index in [1.807, 2.05) is 0 Å². The van der Waals surface area contributed by atoms with E-state index < -0.39 is 143 Å². The topological polar surface area (TPSA) is 472 Å². The third-order valence-electron chi connectivity index (χ3n) is 9.98. The number of carbonyl (C=O) groups excluding carboxylic acids is 4. The number of nitrogens with two attached hydrogens (primary N) is 4. The number of rotatable bonds is 20. The molecule has 0 aliphatic carbocycles. The van der Waals surface area contributed by atoms with Crippen molar-refractivity contribution in [2.75, 3.05) is 13.2 Å². The maximum absolute atomic E-state index is 13.5. The van der Waals surface area contributed by atoms with Crippen molar-refractivity contribution in [3.05, 3.63) is 83.3 Å². The third kappa shape index (κ3) is 16.2. The van der Waals surface area contributed by atoms with Crippen LogP contribution in [0, 0.1) is 0 Å². The van der Waals surface area contributed by atoms with Gasteiger partial charge in [0.15, 0.2) is 36.3 Å². The number of carboxylic acid groups (broad SMARTS) is 2. The standard InChI is InChI=1S/C40H52N10O18S.2CH4/c1-17(53)47-29-23(49-37(41)42)11-27(35(57)58)65-33(29)31(25(55)15-51)67-39(61)45-13-19-3-7-21(8-4-19)69(63,64)22-9-5-20(6-10-22)14-46-40(62)68-32(26(56)16-52)34-30(48-18(2)54)24(50-38(43)44)12-28(66-34)36(59)60;;/h3-12,23-26,29-34,51-52,55-56H,13-16H2,1-2H3,(H,45,61)(H,46,62)(H,47,53)(H,48,54)(H,57,58)(H,59,60)(H4,41,42,49)(H4,43,44,50);2*1H4/t23-,24-,25+,26+,29+,30+,31+,32+,33+,34+;;/m0../s1. The van der Waals surface area contributed by atoms with Crippen LogP contribution in [-0.2, 0) is 61.1 Å². The molecule has 392 valence electrons. The van der Waals surface area contributed by atoms with Crippen LogP contribution in [0.4, 0.5) is 9.59 Å². The summed E-state index contributed by atoms with van der Waals surface area (Å²) in [5.74, 6) is -6.92. The van der Waals surface area contributed by atoms with Gasteiger partial charge >= 0.3 is 24.1 Å². The maximum atomic E-state index is 13.5. The minimum atomic E-state index is -4.15. The van der Waals surface area contributed by atoms with E-state index in [2.05, 4.69) is 31.3 Å². The number of nitrogens with one attached hydrogen (secondary N) is 4. The molecule has 29 heteroatoms. The molecule has 18 N–H and O–H groups in total. The van der Waals surface area contributed by atoms with E-state index in [4.69, 9.17) is 41.9 Å². The van der Waals surface area contributed by atoms with E-state index in [1.165, 1.54) is 48.5 Å². The molecule has 4 amide bonds. The van der Waals surface area contributed by atoms with Crippen molar-refractivity contribution in [1.29, 1.82) is 0 Å². The molecule has 10 atom stereocenters. The molecule has 2 aromatic carbocycles. The smallest absolute Gasteiger partial charge is 0.407 e. The average molecular weight is 1030 g/mol. The van der Waals surface area contributed by atoms with Gasteiger partial charge < -0.3 is 93.8 Å². The lowest BCUT2D eigenvalue weighted by Gasteiger charge is -2.39. The second kappa shape index (κ2) is 26.3. The zero-order valence-corrected chi connectivity index (χ0v) is 37.4. The molecule has 0 saturated carbocycles. The van der Waals surface area contributed by atoms with E-state index in [9.17, 15) is 67.8 Å². The Morgan fingerprint density at radius 1 is 0.634 bits per heavy atom. The summed E-state index contributed by atoms with van der Waals surface area (Å²) in [4.78, 5) is 81.5. The summed E-state index contributed by atoms with van der Waals surface area (Å²) < 4.78 is 48.8. The van der Waals surface area contributed by atoms with Crippen molar-refractivity contribution in [3.63, 3.8) is 0 Å². The lowest BCUT2D eigenvalue weighted by atomic mass is 9.92. The van der Waals surface area contributed by atoms with Gasteiger partial charge in [-0.2, -0.15) is 0 Å². The van der Waals surface area contributed by atoms with Crippen molar-refractivity contribution in [1.82, 2.24) is 21.3 Å². The van der Waals surface area contributed by atoms with Gasteiger partial charge in [-0.15, -0.1) is 0 Å². The van der Waals surface area contributed by atoms with Crippen molar-refractivity contribution in [3.8, 4) is 0 Å². The molecule has 0 radical (unpaired) electrons. The number of hydrogen-bond donors (Lipinski definition) is 14. The molecule has 0 aromatic heterocycles. The van der Waals surface area contributed by atoms with Crippen LogP contribution in [0.3, 0.4) is 0 Å². The fourth-order valence-electron chi connectivity index (χ4n) is 6.92. The molecule has 2 heterocycles. The molecule has 0 fully saturated rings. The summed E-state index contributed by atoms with van der Waals surface area (Å²) in [6, 6.07) is 5.29. The van der Waals surface area contributed by atoms with Crippen molar-refractivity contribution >= 4 is 57.7 Å². The second-order valence-electron chi connectivity index (χ2n) is 15.1. The Morgan fingerprint density at radius 3 is 1.23 bits per heavy atom. The fraction of sp³-hybridized carbons (Fsp3) is 0.429. The number of carbonyl (C=O) groups is 6. The summed E-state index contributed by atoms with van der Waals surface area (Å²) in [6.07, 6.45) is -11.1. The van der Waals surface area contributed by atoms with Crippen molar-refractivity contribution < 1.29 is 86.8 Å². The number of aliphatic carboxylic acids is 2. The van der Waals surface area contributed by atoms with Crippen LogP contribution in [0.5, 0.6) is 0 Å². The van der Waals surface area contributed by atoms with Gasteiger partial charge in [0.05, 0.1) is 47.2 Å². The van der Waals surface area contributed by atoms with E-state index in [0.29, 0.717) is 11.1 Å². The lowest BCUT2D eigenvalue weighted by Crippen LogP contribution is -2.61. The van der Waals surface area contributed by atoms with Gasteiger partial charge in [0, 0.05) is 26.9 Å². The van der Waals surface area contributed by atoms with Crippen LogP contribution in [0.25, 0.3) is 0 Å². The van der Waals surface area contributed by atoms with E-state index in [-0.39, 0.29) is 37.7 Å². The molecule has 71 heavy (non-hydrogen) atoms. The number of carboxylic acids is 2. The number of aliphatic hydroxyl groups excluding tert-OH is 4. The number of nitrogens with zero attached hydrogens (tertiary/aromatic N) is 2. The highest BCUT2D eigenvalue weighted by molar-refractivity contribution is 7.91. The molecular weight excluding hydrogens is 965 g/mol. The van der Waals surface area contributed by atoms with Gasteiger partial charge in [-0.05, 0) is 47.5 Å². The summed E-state index contributed by atoms with van der Waals surface area (Å²) in [5.41, 5.74) is 22.7. The number of sulfone groups is 1. The predicted octanol–water partition coefficient (Wildman–Crippen LogP) is -3.28. The SMILES string of the molecule is C.C.CC(=O)N[C@H]1[C@H]([C@H](OC(=O)NCc2ccc(S(=O)(=O)c3ccc(CNC(=O)O[C@@H]([C@@H]4OC(C(=O)O)=C[C@H](N=C(N)N)[C@H]4NC(C)=O)[C@H](O)CO)cc3)cc2)[C@H](O)CO)OC(C(=O)O)=C[C@@H]1N=C(N)N. The largest absolute Gasteiger partial charge is 0.477 e. The first-order chi connectivity index (χ1) is 32.4. The minimum absolute atomic E-state index is 0. The molecule has 2 aliphatic rings. The first-order valence-corrected chi connectivity index (χ1v) is 21.8. The quantitative estimate of drug-likeness (QED) is 0.0457. The molecule has 28 nitrogen and oxygen atoms in total. The number of aliphatic hydroxyl groups is 4. The molecule has 0 bridgehead atoms.